The smallest absolute Gasteiger partial charge is 0.158 e. The lowest BCUT2D eigenvalue weighted by atomic mass is 9.85. The van der Waals surface area contributed by atoms with Crippen LogP contribution in [-0.4, -0.2) is 16.1 Å². The molecule has 2 nitrogen and oxygen atoms in total. The summed E-state index contributed by atoms with van der Waals surface area (Å²) in [6, 6.07) is 141. The molecule has 2 aromatic heterocycles. The van der Waals surface area contributed by atoms with Gasteiger partial charge in [0.05, 0.1) is 0 Å². The van der Waals surface area contributed by atoms with E-state index < -0.39 is 16.1 Å². The van der Waals surface area contributed by atoms with Gasteiger partial charge in [-0.15, -0.1) is 0 Å². The summed E-state index contributed by atoms with van der Waals surface area (Å²) in [5.74, 6) is 0. The van der Waals surface area contributed by atoms with Gasteiger partial charge in [-0.2, -0.15) is 0 Å². The molecule has 524 valence electrons. The average Bonchev–Trinajstić information content (AvgIpc) is 1.36. The number of rotatable bonds is 12. The molecule has 0 amide bonds. The highest BCUT2D eigenvalue weighted by Gasteiger charge is 2.53. The molecule has 0 saturated heterocycles. The maximum atomic E-state index is 7.86. The van der Waals surface area contributed by atoms with Gasteiger partial charge in [-0.3, -0.25) is 0 Å². The summed E-state index contributed by atoms with van der Waals surface area (Å²) in [6.07, 6.45) is 0. The molecule has 0 unspecified atom stereocenters. The van der Waals surface area contributed by atoms with Crippen molar-refractivity contribution in [2.24, 2.45) is 0 Å². The number of benzene rings is 18. The Balaban J connectivity index is 0.769. The summed E-state index contributed by atoms with van der Waals surface area (Å²) in [7, 11) is -6.10. The molecule has 20 aromatic rings. The molecule has 20 rings (SSSR count). The first-order valence-corrected chi connectivity index (χ1v) is 42.6. The highest BCUT2D eigenvalue weighted by atomic mass is 28.3. The van der Waals surface area contributed by atoms with Crippen LogP contribution in [0, 0.1) is 0 Å². The lowest BCUT2D eigenvalue weighted by molar-refractivity contribution is 0.669. The third kappa shape index (κ3) is 10.3. The van der Waals surface area contributed by atoms with Gasteiger partial charge in [0.15, 0.2) is 16.1 Å². The van der Waals surface area contributed by atoms with E-state index in [1.54, 1.807) is 0 Å². The van der Waals surface area contributed by atoms with Crippen molar-refractivity contribution in [3.8, 4) is 66.8 Å². The highest BCUT2D eigenvalue weighted by Crippen LogP contribution is 2.51. The predicted octanol–water partition coefficient (Wildman–Crippen LogP) is 25.8. The third-order valence-electron chi connectivity index (χ3n) is 24.1. The van der Waals surface area contributed by atoms with Crippen molar-refractivity contribution in [1.29, 1.82) is 0 Å². The zero-order valence-electron chi connectivity index (χ0n) is 62.6. The van der Waals surface area contributed by atoms with Gasteiger partial charge in [-0.05, 0) is 187 Å². The summed E-state index contributed by atoms with van der Waals surface area (Å²) in [6.45, 7) is 14.7. The normalized spacial score (nSPS) is 12.5. The van der Waals surface area contributed by atoms with Crippen molar-refractivity contribution in [3.05, 3.63) is 376 Å². The van der Waals surface area contributed by atoms with Gasteiger partial charge in [0.1, 0.15) is 22.3 Å². The van der Waals surface area contributed by atoms with E-state index in [2.05, 4.69) is 418 Å². The fourth-order valence-electron chi connectivity index (χ4n) is 19.6. The van der Waals surface area contributed by atoms with E-state index in [-0.39, 0.29) is 10.1 Å². The van der Waals surface area contributed by atoms with Crippen LogP contribution in [-0.2, 0) is 0 Å². The van der Waals surface area contributed by atoms with Crippen LogP contribution in [0.1, 0.15) is 41.5 Å². The molecular formula is C106H80O2Si2. The van der Waals surface area contributed by atoms with Gasteiger partial charge in [0.2, 0.25) is 0 Å². The summed E-state index contributed by atoms with van der Waals surface area (Å²) in [5, 5.41) is 24.0. The summed E-state index contributed by atoms with van der Waals surface area (Å²) < 4.78 is 15.1. The van der Waals surface area contributed by atoms with Crippen molar-refractivity contribution < 1.29 is 8.83 Å². The molecule has 0 atom stereocenters. The van der Waals surface area contributed by atoms with Crippen molar-refractivity contribution >= 4 is 145 Å². The Morgan fingerprint density at radius 1 is 0.200 bits per heavy atom. The molecule has 4 heteroatoms. The van der Waals surface area contributed by atoms with E-state index in [9.17, 15) is 0 Å². The lowest BCUT2D eigenvalue weighted by Crippen LogP contribution is -2.72. The second-order valence-corrected chi connectivity index (χ2v) is 41.4. The molecule has 0 N–H and O–H groups in total. The van der Waals surface area contributed by atoms with Crippen LogP contribution in [0.4, 0.5) is 0 Å². The standard InChI is InChI=1S/C106H80O2Si2/c1-105(2,3)109(78-35-14-8-15-36-78,79-37-16-9-17-38-79)96-67-76(65-93-83-43-30-31-54-95(83)107-103(93)96)100-90-50-28-24-46-86(90)99(87-47-25-29-51-91(87)100)75-62-60-72-63-74(61-59-73(72)64-75)82-52-32-53-92-94-66-77(68-97(104(94)108-102(82)92)110(106(4,5)6,80-39-18-10-19-40-80)81-41-20-11-21-42-81)101-88-48-26-22-44-84(88)98(85-45-23-27-49-89(85)101)71-57-55-70(56-58-71)69-33-12-7-13-34-69/h7-68H,1-6H3. The molecule has 18 aromatic carbocycles. The molecule has 0 spiro atoms. The van der Waals surface area contributed by atoms with Crippen LogP contribution in [0.3, 0.4) is 0 Å². The Kier molecular flexibility index (Phi) is 15.8. The molecule has 0 saturated carbocycles. The van der Waals surface area contributed by atoms with Crippen LogP contribution in [0.2, 0.25) is 10.1 Å². The van der Waals surface area contributed by atoms with Gasteiger partial charge in [-0.1, -0.05) is 387 Å². The van der Waals surface area contributed by atoms with Crippen molar-refractivity contribution in [2.75, 3.05) is 0 Å². The minimum absolute atomic E-state index is 0.187. The predicted molar refractivity (Wildman–Crippen MR) is 476 cm³/mol. The Hall–Kier alpha value is -12.7. The van der Waals surface area contributed by atoms with Crippen LogP contribution in [0.25, 0.3) is 165 Å². The van der Waals surface area contributed by atoms with Crippen LogP contribution >= 0.6 is 0 Å². The summed E-state index contributed by atoms with van der Waals surface area (Å²) >= 11 is 0. The fourth-order valence-corrected chi connectivity index (χ4v) is 31.1. The van der Waals surface area contributed by atoms with E-state index in [1.807, 2.05) is 0 Å². The maximum absolute atomic E-state index is 7.86. The second-order valence-electron chi connectivity index (χ2n) is 32.1. The number of hydrogen-bond acceptors (Lipinski definition) is 2. The number of fused-ring (bicyclic) bond motifs is 11. The Bertz CT molecular complexity index is 6810. The van der Waals surface area contributed by atoms with E-state index in [4.69, 9.17) is 8.83 Å². The van der Waals surface area contributed by atoms with Crippen LogP contribution in [0.5, 0.6) is 0 Å². The van der Waals surface area contributed by atoms with Crippen molar-refractivity contribution in [1.82, 2.24) is 0 Å². The van der Waals surface area contributed by atoms with E-state index in [0.717, 1.165) is 60.4 Å². The largest absolute Gasteiger partial charge is 0.456 e. The molecule has 0 aliphatic rings. The topological polar surface area (TPSA) is 26.3 Å². The monoisotopic (exact) mass is 1440 g/mol. The number of furan rings is 2. The minimum Gasteiger partial charge on any atom is -0.456 e. The van der Waals surface area contributed by atoms with Crippen LogP contribution in [0.15, 0.2) is 385 Å². The van der Waals surface area contributed by atoms with E-state index in [0.29, 0.717) is 0 Å². The zero-order valence-corrected chi connectivity index (χ0v) is 64.6. The molecule has 0 bridgehead atoms. The van der Waals surface area contributed by atoms with Crippen molar-refractivity contribution in [3.63, 3.8) is 0 Å². The molecule has 110 heavy (non-hydrogen) atoms. The van der Waals surface area contributed by atoms with Gasteiger partial charge in [0.25, 0.3) is 0 Å². The van der Waals surface area contributed by atoms with Gasteiger partial charge in [-0.25, -0.2) is 0 Å². The summed E-state index contributed by atoms with van der Waals surface area (Å²) in [5.41, 5.74) is 17.9. The zero-order chi connectivity index (χ0) is 74.0. The minimum atomic E-state index is -3.12. The SMILES string of the molecule is CC(C)(C)[Si](c1ccccc1)(c1ccccc1)c1cc(-c2c3ccccc3c(-c3ccc4cc(-c5cccc6c5oc5c([Si](c7ccccc7)(c7ccccc7)C(C)(C)C)cc(-c7c8ccccc8c(-c8ccc(-c9ccccc9)cc8)c8ccccc78)cc56)ccc4c3)c3ccccc23)cc2c1oc1ccccc12. The first-order valence-electron chi connectivity index (χ1n) is 38.6. The lowest BCUT2D eigenvalue weighted by Gasteiger charge is -2.44. The first kappa shape index (κ1) is 66.7. The molecule has 2 heterocycles. The first-order chi connectivity index (χ1) is 53.8. The average molecular weight is 1440 g/mol. The molecule has 0 aliphatic heterocycles. The quantitative estimate of drug-likeness (QED) is 0.0692. The fraction of sp³-hybridized carbons (Fsp3) is 0.0755. The van der Waals surface area contributed by atoms with E-state index >= 15 is 0 Å². The highest BCUT2D eigenvalue weighted by molar-refractivity contribution is 7.15. The van der Waals surface area contributed by atoms with E-state index in [1.165, 1.54) is 135 Å². The number of hydrogen-bond donors (Lipinski definition) is 0. The van der Waals surface area contributed by atoms with Crippen molar-refractivity contribution in [2.45, 2.75) is 51.6 Å². The summed E-state index contributed by atoms with van der Waals surface area (Å²) in [4.78, 5) is 0. The Labute approximate surface area is 643 Å². The molecule has 0 aliphatic carbocycles. The molecular weight excluding hydrogens is 1360 g/mol. The van der Waals surface area contributed by atoms with Gasteiger partial charge in [0, 0.05) is 27.1 Å². The second kappa shape index (κ2) is 26.0. The number of para-hydroxylation sites is 2. The van der Waals surface area contributed by atoms with Gasteiger partial charge < -0.3 is 8.83 Å². The Morgan fingerprint density at radius 3 is 0.936 bits per heavy atom. The van der Waals surface area contributed by atoms with Gasteiger partial charge >= 0.3 is 0 Å². The molecule has 0 radical (unpaired) electrons. The Morgan fingerprint density at radius 2 is 0.509 bits per heavy atom. The maximum Gasteiger partial charge on any atom is 0.158 e. The molecule has 0 fully saturated rings. The van der Waals surface area contributed by atoms with Crippen LogP contribution < -0.4 is 31.1 Å². The third-order valence-corrected chi connectivity index (χ3v) is 35.8.